The van der Waals surface area contributed by atoms with Crippen LogP contribution in [0.25, 0.3) is 0 Å². The molecule has 1 aromatic rings. The van der Waals surface area contributed by atoms with E-state index in [2.05, 4.69) is 21.2 Å². The topological polar surface area (TPSA) is 32.3 Å². The number of anilines is 1. The molecule has 1 aromatic carbocycles. The van der Waals surface area contributed by atoms with Crippen molar-refractivity contribution in [3.05, 3.63) is 27.7 Å². The highest BCUT2D eigenvalue weighted by molar-refractivity contribution is 9.10. The number of thiocarbonyl (C=S) groups is 1. The van der Waals surface area contributed by atoms with Crippen molar-refractivity contribution < 1.29 is 4.79 Å². The molecule has 0 spiro atoms. The number of carbonyl (C=O) groups is 1. The van der Waals surface area contributed by atoms with E-state index in [1.54, 1.807) is 14.1 Å². The van der Waals surface area contributed by atoms with Gasteiger partial charge in [0, 0.05) is 18.6 Å². The summed E-state index contributed by atoms with van der Waals surface area (Å²) in [7, 11) is 3.44. The highest BCUT2D eigenvalue weighted by Crippen LogP contribution is 2.28. The van der Waals surface area contributed by atoms with E-state index in [9.17, 15) is 4.79 Å². The molecule has 0 atom stereocenters. The molecule has 3 nitrogen and oxygen atoms in total. The summed E-state index contributed by atoms with van der Waals surface area (Å²) < 4.78 is 0.832. The zero-order valence-corrected chi connectivity index (χ0v) is 11.8. The van der Waals surface area contributed by atoms with Crippen molar-refractivity contribution in [1.29, 1.82) is 0 Å². The van der Waals surface area contributed by atoms with Crippen molar-refractivity contribution in [2.75, 3.05) is 19.4 Å². The second-order valence-electron chi connectivity index (χ2n) is 3.63. The van der Waals surface area contributed by atoms with Crippen molar-refractivity contribution in [2.45, 2.75) is 6.92 Å². The van der Waals surface area contributed by atoms with Crippen LogP contribution in [0.15, 0.2) is 16.6 Å². The molecule has 0 unspecified atom stereocenters. The molecular formula is C11H13BrN2OS. The molecule has 0 aliphatic heterocycles. The lowest BCUT2D eigenvalue weighted by molar-refractivity contribution is 0.0828. The number of hydrogen-bond donors (Lipinski definition) is 1. The lowest BCUT2D eigenvalue weighted by Gasteiger charge is -2.15. The van der Waals surface area contributed by atoms with Gasteiger partial charge < -0.3 is 10.2 Å². The van der Waals surface area contributed by atoms with Crippen LogP contribution < -0.4 is 5.32 Å². The monoisotopic (exact) mass is 300 g/mol. The average molecular weight is 301 g/mol. The van der Waals surface area contributed by atoms with Gasteiger partial charge in [-0.25, -0.2) is 0 Å². The average Bonchev–Trinajstić information content (AvgIpc) is 2.20. The first-order valence-corrected chi connectivity index (χ1v) is 5.95. The predicted molar refractivity (Wildman–Crippen MR) is 74.2 cm³/mol. The van der Waals surface area contributed by atoms with Crippen LogP contribution in [0.4, 0.5) is 5.69 Å². The van der Waals surface area contributed by atoms with Crippen LogP contribution in [0.3, 0.4) is 0 Å². The van der Waals surface area contributed by atoms with E-state index in [1.165, 1.54) is 10.4 Å². The first-order chi connectivity index (χ1) is 7.47. The summed E-state index contributed by atoms with van der Waals surface area (Å²) in [5, 5.41) is 2.90. The largest absolute Gasteiger partial charge is 0.351 e. The molecule has 0 radical (unpaired) electrons. The van der Waals surface area contributed by atoms with Gasteiger partial charge >= 0.3 is 0 Å². The summed E-state index contributed by atoms with van der Waals surface area (Å²) >= 11 is 8.17. The van der Waals surface area contributed by atoms with Crippen LogP contribution in [0.1, 0.15) is 15.9 Å². The number of carbonyl (C=O) groups excluding carboxylic acids is 1. The second-order valence-corrected chi connectivity index (χ2v) is 4.72. The summed E-state index contributed by atoms with van der Waals surface area (Å²) in [6.07, 6.45) is 0. The van der Waals surface area contributed by atoms with E-state index in [-0.39, 0.29) is 5.91 Å². The van der Waals surface area contributed by atoms with Gasteiger partial charge in [0.2, 0.25) is 0 Å². The van der Waals surface area contributed by atoms with Gasteiger partial charge in [0.1, 0.15) is 0 Å². The van der Waals surface area contributed by atoms with Gasteiger partial charge in [-0.15, -0.1) is 0 Å². The maximum atomic E-state index is 12.0. The number of rotatable bonds is 3. The maximum Gasteiger partial charge on any atom is 0.255 e. The summed E-state index contributed by atoms with van der Waals surface area (Å²) in [6.45, 7) is 1.94. The van der Waals surface area contributed by atoms with Crippen molar-refractivity contribution in [1.82, 2.24) is 4.90 Å². The molecule has 0 heterocycles. The Morgan fingerprint density at radius 1 is 1.50 bits per heavy atom. The molecule has 5 heteroatoms. The summed E-state index contributed by atoms with van der Waals surface area (Å²) in [5.41, 5.74) is 3.73. The molecule has 0 saturated carbocycles. The van der Waals surface area contributed by atoms with Crippen LogP contribution in [0.2, 0.25) is 0 Å². The van der Waals surface area contributed by atoms with Gasteiger partial charge in [0.15, 0.2) is 0 Å². The normalized spacial score (nSPS) is 9.75. The summed E-state index contributed by atoms with van der Waals surface area (Å²) in [6, 6.07) is 3.78. The second kappa shape index (κ2) is 5.41. The third kappa shape index (κ3) is 2.80. The van der Waals surface area contributed by atoms with E-state index in [0.717, 1.165) is 10.0 Å². The van der Waals surface area contributed by atoms with E-state index in [4.69, 9.17) is 12.2 Å². The number of hydrogen-bond acceptors (Lipinski definition) is 2. The molecule has 0 saturated heterocycles. The smallest absolute Gasteiger partial charge is 0.255 e. The van der Waals surface area contributed by atoms with Crippen LogP contribution in [0.5, 0.6) is 0 Å². The Kier molecular flexibility index (Phi) is 4.44. The Morgan fingerprint density at radius 2 is 2.12 bits per heavy atom. The number of aryl methyl sites for hydroxylation is 1. The number of nitrogens with zero attached hydrogens (tertiary/aromatic N) is 1. The van der Waals surface area contributed by atoms with Crippen LogP contribution in [-0.2, 0) is 0 Å². The minimum atomic E-state index is -0.0521. The first-order valence-electron chi connectivity index (χ1n) is 4.69. The van der Waals surface area contributed by atoms with Crippen molar-refractivity contribution >= 4 is 45.2 Å². The summed E-state index contributed by atoms with van der Waals surface area (Å²) in [4.78, 5) is 13.5. The quantitative estimate of drug-likeness (QED) is 0.871. The fourth-order valence-electron chi connectivity index (χ4n) is 1.36. The van der Waals surface area contributed by atoms with Crippen LogP contribution in [0, 0.1) is 6.92 Å². The van der Waals surface area contributed by atoms with Gasteiger partial charge in [-0.05, 0) is 40.5 Å². The standard InChI is InChI=1S/C11H13BrN2OS/c1-7-4-8(11(15)14(2)3)10(13-6-16)9(12)5-7/h4-6H,1-3H3,(H,13,16). The van der Waals surface area contributed by atoms with Gasteiger partial charge in [-0.1, -0.05) is 12.2 Å². The zero-order valence-electron chi connectivity index (χ0n) is 9.37. The fourth-order valence-corrected chi connectivity index (χ4v) is 2.16. The molecule has 0 aliphatic rings. The summed E-state index contributed by atoms with van der Waals surface area (Å²) in [5.74, 6) is -0.0521. The Labute approximate surface area is 109 Å². The third-order valence-corrected chi connectivity index (χ3v) is 2.82. The lowest BCUT2D eigenvalue weighted by Crippen LogP contribution is -2.23. The van der Waals surface area contributed by atoms with Crippen molar-refractivity contribution in [2.24, 2.45) is 0 Å². The van der Waals surface area contributed by atoms with E-state index in [1.807, 2.05) is 19.1 Å². The molecule has 0 fully saturated rings. The van der Waals surface area contributed by atoms with E-state index in [0.29, 0.717) is 11.3 Å². The number of amides is 1. The van der Waals surface area contributed by atoms with E-state index >= 15 is 0 Å². The molecular weight excluding hydrogens is 288 g/mol. The molecule has 1 amide bonds. The molecule has 0 aromatic heterocycles. The van der Waals surface area contributed by atoms with Gasteiger partial charge in [-0.3, -0.25) is 4.79 Å². The molecule has 86 valence electrons. The minimum absolute atomic E-state index is 0.0521. The fraction of sp³-hybridized carbons (Fsp3) is 0.273. The molecule has 0 bridgehead atoms. The van der Waals surface area contributed by atoms with Gasteiger partial charge in [-0.2, -0.15) is 0 Å². The molecule has 16 heavy (non-hydrogen) atoms. The molecule has 1 N–H and O–H groups in total. The Morgan fingerprint density at radius 3 is 2.62 bits per heavy atom. The number of nitrogens with one attached hydrogen (secondary N) is 1. The van der Waals surface area contributed by atoms with Crippen LogP contribution >= 0.6 is 28.1 Å². The molecule has 1 rings (SSSR count). The SMILES string of the molecule is Cc1cc(Br)c(NC=S)c(C(=O)N(C)C)c1. The third-order valence-electron chi connectivity index (χ3n) is 2.07. The Hall–Kier alpha value is -0.940. The van der Waals surface area contributed by atoms with Crippen LogP contribution in [-0.4, -0.2) is 30.4 Å². The lowest BCUT2D eigenvalue weighted by atomic mass is 10.1. The zero-order chi connectivity index (χ0) is 12.3. The van der Waals surface area contributed by atoms with Crippen molar-refractivity contribution in [3.8, 4) is 0 Å². The highest BCUT2D eigenvalue weighted by Gasteiger charge is 2.15. The number of halogens is 1. The van der Waals surface area contributed by atoms with E-state index < -0.39 is 0 Å². The van der Waals surface area contributed by atoms with Gasteiger partial charge in [0.25, 0.3) is 5.91 Å². The minimum Gasteiger partial charge on any atom is -0.351 e. The predicted octanol–water partition coefficient (Wildman–Crippen LogP) is 2.83. The first kappa shape index (κ1) is 13.1. The Bertz CT molecular complexity index is 432. The highest BCUT2D eigenvalue weighted by atomic mass is 79.9. The molecule has 0 aliphatic carbocycles. The maximum absolute atomic E-state index is 12.0. The van der Waals surface area contributed by atoms with Gasteiger partial charge in [0.05, 0.1) is 16.7 Å². The van der Waals surface area contributed by atoms with Crippen molar-refractivity contribution in [3.63, 3.8) is 0 Å². The Balaban J connectivity index is 3.34. The number of benzene rings is 1.